The van der Waals surface area contributed by atoms with Crippen LogP contribution in [0.1, 0.15) is 4.88 Å². The maximum absolute atomic E-state index is 12.2. The van der Waals surface area contributed by atoms with Crippen molar-refractivity contribution in [1.29, 1.82) is 0 Å². The summed E-state index contributed by atoms with van der Waals surface area (Å²) in [6.45, 7) is 8.32. The highest BCUT2D eigenvalue weighted by Gasteiger charge is 2.45. The Labute approximate surface area is 147 Å². The molecule has 2 atom stereocenters. The molecule has 0 aromatic carbocycles. The minimum Gasteiger partial charge on any atom is -0.475 e. The zero-order valence-corrected chi connectivity index (χ0v) is 14.2. The quantitative estimate of drug-likeness (QED) is 0.820. The van der Waals surface area contributed by atoms with Gasteiger partial charge in [0.15, 0.2) is 0 Å². The van der Waals surface area contributed by atoms with Crippen LogP contribution in [0.4, 0.5) is 13.2 Å². The number of likely N-dealkylation sites (tertiary alicyclic amines) is 2. The van der Waals surface area contributed by atoms with Crippen molar-refractivity contribution in [3.63, 3.8) is 0 Å². The van der Waals surface area contributed by atoms with Gasteiger partial charge in [0.25, 0.3) is 0 Å². The van der Waals surface area contributed by atoms with Crippen LogP contribution in [0.15, 0.2) is 30.2 Å². The molecule has 2 aliphatic heterocycles. The third-order valence-electron chi connectivity index (χ3n) is 4.15. The van der Waals surface area contributed by atoms with Crippen LogP contribution >= 0.6 is 11.3 Å². The second-order valence-corrected chi connectivity index (χ2v) is 7.01. The summed E-state index contributed by atoms with van der Waals surface area (Å²) in [6.07, 6.45) is -3.26. The van der Waals surface area contributed by atoms with Gasteiger partial charge in [-0.15, -0.1) is 17.9 Å². The number of carboxylic acids is 1. The summed E-state index contributed by atoms with van der Waals surface area (Å²) in [5.74, 6) is -1.68. The molecule has 0 aliphatic carbocycles. The van der Waals surface area contributed by atoms with Crippen LogP contribution in [-0.2, 0) is 16.1 Å². The average molecular weight is 376 g/mol. The largest absolute Gasteiger partial charge is 0.490 e. The van der Waals surface area contributed by atoms with Crippen LogP contribution in [-0.4, -0.2) is 59.1 Å². The van der Waals surface area contributed by atoms with Gasteiger partial charge >= 0.3 is 12.1 Å². The van der Waals surface area contributed by atoms with Crippen molar-refractivity contribution in [2.24, 2.45) is 11.8 Å². The van der Waals surface area contributed by atoms with E-state index in [9.17, 15) is 18.0 Å². The zero-order valence-electron chi connectivity index (χ0n) is 13.4. The van der Waals surface area contributed by atoms with Gasteiger partial charge in [-0.25, -0.2) is 4.79 Å². The highest BCUT2D eigenvalue weighted by Crippen LogP contribution is 2.33. The number of thiophene rings is 1. The summed E-state index contributed by atoms with van der Waals surface area (Å²) in [4.78, 5) is 26.8. The number of rotatable bonds is 4. The highest BCUT2D eigenvalue weighted by atomic mass is 32.1. The first kappa shape index (κ1) is 19.5. The predicted octanol–water partition coefficient (Wildman–Crippen LogP) is 2.46. The van der Waals surface area contributed by atoms with E-state index in [-0.39, 0.29) is 5.92 Å². The molecule has 0 radical (unpaired) electrons. The number of carbonyl (C=O) groups is 2. The van der Waals surface area contributed by atoms with Gasteiger partial charge in [0.1, 0.15) is 0 Å². The van der Waals surface area contributed by atoms with Gasteiger partial charge in [-0.1, -0.05) is 12.1 Å². The summed E-state index contributed by atoms with van der Waals surface area (Å²) < 4.78 is 31.7. The second-order valence-electron chi connectivity index (χ2n) is 5.97. The summed E-state index contributed by atoms with van der Waals surface area (Å²) in [5.41, 5.74) is 0. The first-order chi connectivity index (χ1) is 11.7. The first-order valence-electron chi connectivity index (χ1n) is 7.67. The molecule has 2 aliphatic rings. The van der Waals surface area contributed by atoms with Crippen LogP contribution < -0.4 is 0 Å². The van der Waals surface area contributed by atoms with Gasteiger partial charge in [-0.05, 0) is 11.4 Å². The number of carbonyl (C=O) groups excluding carboxylic acids is 1. The molecule has 2 saturated heterocycles. The molecule has 5 nitrogen and oxygen atoms in total. The standard InChI is InChI=1S/C14H18N2OS.C2HF3O2/c1-2-5-16-8-11-7-15(10-13(11)14(16)17)9-12-4-3-6-18-12;3-2(4,5)1(6)7/h2-4,6,11,13H,1,5,7-10H2;(H,6,7)/t11-,13-;/m0./s1. The Hall–Kier alpha value is -1.87. The summed E-state index contributed by atoms with van der Waals surface area (Å²) in [6, 6.07) is 4.26. The summed E-state index contributed by atoms with van der Waals surface area (Å²) >= 11 is 1.80. The Morgan fingerprint density at radius 3 is 2.56 bits per heavy atom. The molecule has 138 valence electrons. The molecule has 1 amide bonds. The summed E-state index contributed by atoms with van der Waals surface area (Å²) in [5, 5.41) is 9.24. The molecule has 0 saturated carbocycles. The van der Waals surface area contributed by atoms with E-state index in [0.29, 0.717) is 18.4 Å². The van der Waals surface area contributed by atoms with Gasteiger partial charge in [-0.2, -0.15) is 13.2 Å². The summed E-state index contributed by atoms with van der Waals surface area (Å²) in [7, 11) is 0. The number of fused-ring (bicyclic) bond motifs is 1. The Morgan fingerprint density at radius 1 is 1.40 bits per heavy atom. The molecule has 0 spiro atoms. The molecular formula is C16H19F3N2O3S. The minimum atomic E-state index is -5.08. The van der Waals surface area contributed by atoms with E-state index in [4.69, 9.17) is 9.90 Å². The topological polar surface area (TPSA) is 60.9 Å². The van der Waals surface area contributed by atoms with Crippen LogP contribution in [0.5, 0.6) is 0 Å². The Balaban J connectivity index is 0.000000277. The smallest absolute Gasteiger partial charge is 0.475 e. The van der Waals surface area contributed by atoms with Crippen molar-refractivity contribution in [1.82, 2.24) is 9.80 Å². The van der Waals surface area contributed by atoms with Gasteiger partial charge in [0.2, 0.25) is 5.91 Å². The van der Waals surface area contributed by atoms with Gasteiger partial charge < -0.3 is 10.0 Å². The lowest BCUT2D eigenvalue weighted by Crippen LogP contribution is -2.32. The number of carboxylic acid groups (broad SMARTS) is 1. The fourth-order valence-electron chi connectivity index (χ4n) is 3.11. The minimum absolute atomic E-state index is 0.227. The number of amides is 1. The van der Waals surface area contributed by atoms with Crippen LogP contribution in [0, 0.1) is 11.8 Å². The molecular weight excluding hydrogens is 357 g/mol. The SMILES string of the molecule is C=CCN1C[C@@H]2CN(Cc3cccs3)C[C@@H]2C1=O.O=C(O)C(F)(F)F. The van der Waals surface area contributed by atoms with Gasteiger partial charge in [0.05, 0.1) is 5.92 Å². The number of hydrogen-bond acceptors (Lipinski definition) is 4. The van der Waals surface area contributed by atoms with E-state index >= 15 is 0 Å². The Morgan fingerprint density at radius 2 is 2.08 bits per heavy atom. The Bertz CT molecular complexity index is 619. The lowest BCUT2D eigenvalue weighted by molar-refractivity contribution is -0.192. The second kappa shape index (κ2) is 8.01. The molecule has 1 aromatic heterocycles. The molecule has 9 heteroatoms. The molecule has 1 N–H and O–H groups in total. The lowest BCUT2D eigenvalue weighted by Gasteiger charge is -2.20. The predicted molar refractivity (Wildman–Crippen MR) is 87.0 cm³/mol. The van der Waals surface area contributed by atoms with Crippen LogP contribution in [0.2, 0.25) is 0 Å². The van der Waals surface area contributed by atoms with Crippen LogP contribution in [0.3, 0.4) is 0 Å². The third kappa shape index (κ3) is 5.05. The average Bonchev–Trinajstić information content (AvgIpc) is 3.21. The normalized spacial score (nSPS) is 23.2. The first-order valence-corrected chi connectivity index (χ1v) is 8.55. The maximum atomic E-state index is 12.2. The van der Waals surface area contributed by atoms with E-state index in [1.807, 2.05) is 11.0 Å². The van der Waals surface area contributed by atoms with Crippen molar-refractivity contribution in [2.45, 2.75) is 12.7 Å². The maximum Gasteiger partial charge on any atom is 0.490 e. The van der Waals surface area contributed by atoms with Crippen LogP contribution in [0.25, 0.3) is 0 Å². The number of alkyl halides is 3. The van der Waals surface area contributed by atoms with E-state index < -0.39 is 12.1 Å². The van der Waals surface area contributed by atoms with Gasteiger partial charge in [0, 0.05) is 43.5 Å². The fraction of sp³-hybridized carbons (Fsp3) is 0.500. The number of nitrogens with zero attached hydrogens (tertiary/aromatic N) is 2. The van der Waals surface area contributed by atoms with Crippen molar-refractivity contribution < 1.29 is 27.9 Å². The third-order valence-corrected chi connectivity index (χ3v) is 5.01. The molecule has 25 heavy (non-hydrogen) atoms. The molecule has 0 unspecified atom stereocenters. The van der Waals surface area contributed by atoms with Crippen molar-refractivity contribution in [3.8, 4) is 0 Å². The fourth-order valence-corrected chi connectivity index (χ4v) is 3.85. The monoisotopic (exact) mass is 376 g/mol. The van der Waals surface area contributed by atoms with Crippen molar-refractivity contribution in [2.75, 3.05) is 26.2 Å². The zero-order chi connectivity index (χ0) is 18.6. The highest BCUT2D eigenvalue weighted by molar-refractivity contribution is 7.09. The van der Waals surface area contributed by atoms with E-state index in [1.54, 1.807) is 11.3 Å². The molecule has 3 rings (SSSR count). The van der Waals surface area contributed by atoms with Crippen molar-refractivity contribution >= 4 is 23.2 Å². The molecule has 1 aromatic rings. The number of halogens is 3. The molecule has 0 bridgehead atoms. The molecule has 2 fully saturated rings. The van der Waals surface area contributed by atoms with E-state index in [2.05, 4.69) is 29.0 Å². The molecule has 3 heterocycles. The van der Waals surface area contributed by atoms with E-state index in [1.165, 1.54) is 4.88 Å². The number of hydrogen-bond donors (Lipinski definition) is 1. The van der Waals surface area contributed by atoms with E-state index in [0.717, 1.165) is 26.2 Å². The van der Waals surface area contributed by atoms with Gasteiger partial charge in [-0.3, -0.25) is 9.69 Å². The van der Waals surface area contributed by atoms with Crippen molar-refractivity contribution in [3.05, 3.63) is 35.0 Å². The Kier molecular flexibility index (Phi) is 6.23. The number of aliphatic carboxylic acids is 1. The lowest BCUT2D eigenvalue weighted by atomic mass is 10.0.